The average Bonchev–Trinajstić information content (AvgIpc) is 3.13. The van der Waals surface area contributed by atoms with E-state index < -0.39 is 5.91 Å². The van der Waals surface area contributed by atoms with Crippen molar-refractivity contribution in [1.82, 2.24) is 5.01 Å². The van der Waals surface area contributed by atoms with Crippen molar-refractivity contribution in [2.75, 3.05) is 25.6 Å². The van der Waals surface area contributed by atoms with Crippen LogP contribution < -0.4 is 9.64 Å². The first-order valence-electron chi connectivity index (χ1n) is 9.48. The molecule has 9 heteroatoms. The summed E-state index contributed by atoms with van der Waals surface area (Å²) in [6.45, 7) is 2.21. The van der Waals surface area contributed by atoms with Gasteiger partial charge in [0.05, 0.1) is 11.3 Å². The van der Waals surface area contributed by atoms with Gasteiger partial charge in [0.1, 0.15) is 17.4 Å². The highest BCUT2D eigenvalue weighted by atomic mass is 79.9. The molecule has 4 rings (SSSR count). The maximum atomic E-state index is 12.6. The van der Waals surface area contributed by atoms with Crippen LogP contribution in [-0.2, 0) is 4.79 Å². The number of anilines is 1. The number of para-hydroxylation sites is 1. The minimum Gasteiger partial charge on any atom is -0.486 e. The van der Waals surface area contributed by atoms with Crippen LogP contribution in [0, 0.1) is 12.3 Å². The predicted molar refractivity (Wildman–Crippen MR) is 130 cm³/mol. The maximum Gasteiger partial charge on any atom is 0.283 e. The van der Waals surface area contributed by atoms with Crippen LogP contribution in [0.25, 0.3) is 6.08 Å². The molecular weight excluding hydrogens is 478 g/mol. The quantitative estimate of drug-likeness (QED) is 0.614. The van der Waals surface area contributed by atoms with Crippen molar-refractivity contribution in [2.24, 2.45) is 10.1 Å². The van der Waals surface area contributed by atoms with E-state index in [0.29, 0.717) is 10.2 Å². The Balaban J connectivity index is 1.54. The zero-order chi connectivity index (χ0) is 22.1. The molecular formula is C22H20BrN5O2S. The monoisotopic (exact) mass is 497 g/mol. The Labute approximate surface area is 193 Å². The molecule has 7 nitrogen and oxygen atoms in total. The number of thioether (sulfide) groups is 1. The van der Waals surface area contributed by atoms with Crippen LogP contribution in [0.1, 0.15) is 11.1 Å². The number of carbonyl (C=O) groups is 1. The van der Waals surface area contributed by atoms with Gasteiger partial charge in [-0.3, -0.25) is 10.2 Å². The van der Waals surface area contributed by atoms with Crippen molar-refractivity contribution in [1.29, 1.82) is 5.41 Å². The van der Waals surface area contributed by atoms with Crippen molar-refractivity contribution >= 4 is 61.4 Å². The Kier molecular flexibility index (Phi) is 5.97. The second-order valence-corrected chi connectivity index (χ2v) is 9.07. The van der Waals surface area contributed by atoms with Gasteiger partial charge in [-0.1, -0.05) is 24.3 Å². The lowest BCUT2D eigenvalue weighted by atomic mass is 10.1. The van der Waals surface area contributed by atoms with Crippen LogP contribution in [0.15, 0.2) is 62.6 Å². The molecule has 0 unspecified atom stereocenters. The first kappa shape index (κ1) is 21.3. The fraction of sp³-hybridized carbons (Fsp3) is 0.182. The molecule has 2 aromatic carbocycles. The molecule has 0 fully saturated rings. The van der Waals surface area contributed by atoms with E-state index in [9.17, 15) is 4.79 Å². The molecule has 0 radical (unpaired) electrons. The summed E-state index contributed by atoms with van der Waals surface area (Å²) in [7, 11) is 3.91. The standard InChI is InChI=1S/C22H20BrN5O2S/c1-13-6-4-5-7-18(13)30-12-19-26-28-20(24)15(21(29)25-22(28)31-19)10-14-8-9-17(27(2)3)16(23)11-14/h4-11,24H,12H2,1-3H3. The summed E-state index contributed by atoms with van der Waals surface area (Å²) in [6.07, 6.45) is 1.66. The summed E-state index contributed by atoms with van der Waals surface area (Å²) in [6, 6.07) is 13.5. The van der Waals surface area contributed by atoms with Crippen LogP contribution in [0.4, 0.5) is 5.69 Å². The van der Waals surface area contributed by atoms with Crippen molar-refractivity contribution in [3.63, 3.8) is 0 Å². The first-order valence-corrected chi connectivity index (χ1v) is 11.1. The topological polar surface area (TPSA) is 81.4 Å². The summed E-state index contributed by atoms with van der Waals surface area (Å²) in [5.41, 5.74) is 3.04. The van der Waals surface area contributed by atoms with E-state index in [4.69, 9.17) is 10.1 Å². The zero-order valence-corrected chi connectivity index (χ0v) is 19.6. The van der Waals surface area contributed by atoms with Crippen LogP contribution >= 0.6 is 27.7 Å². The summed E-state index contributed by atoms with van der Waals surface area (Å²) < 4.78 is 6.74. The number of hydrogen-bond acceptors (Lipinski definition) is 6. The van der Waals surface area contributed by atoms with Crippen molar-refractivity contribution in [2.45, 2.75) is 6.92 Å². The first-order chi connectivity index (χ1) is 14.8. The van der Waals surface area contributed by atoms with E-state index in [1.54, 1.807) is 6.08 Å². The Bertz CT molecular complexity index is 1170. The van der Waals surface area contributed by atoms with E-state index in [2.05, 4.69) is 26.0 Å². The molecule has 0 saturated carbocycles. The Morgan fingerprint density at radius 1 is 1.26 bits per heavy atom. The van der Waals surface area contributed by atoms with Gasteiger partial charge in [0.2, 0.25) is 5.17 Å². The number of halogens is 1. The number of ether oxygens (including phenoxy) is 1. The molecule has 0 aliphatic carbocycles. The highest BCUT2D eigenvalue weighted by molar-refractivity contribution is 9.10. The third-order valence-electron chi connectivity index (χ3n) is 4.71. The zero-order valence-electron chi connectivity index (χ0n) is 17.2. The molecule has 2 aliphatic heterocycles. The van der Waals surface area contributed by atoms with Crippen LogP contribution in [0.5, 0.6) is 5.75 Å². The van der Waals surface area contributed by atoms with Gasteiger partial charge in [0.15, 0.2) is 5.84 Å². The molecule has 0 spiro atoms. The van der Waals surface area contributed by atoms with Crippen LogP contribution in [0.3, 0.4) is 0 Å². The number of fused-ring (bicyclic) bond motifs is 1. The van der Waals surface area contributed by atoms with Gasteiger partial charge in [0.25, 0.3) is 5.91 Å². The number of hydrazone groups is 1. The van der Waals surface area contributed by atoms with E-state index in [1.807, 2.05) is 68.4 Å². The SMILES string of the molecule is Cc1ccccc1OCC1=NN2C(=N)C(=Cc3ccc(N(C)C)c(Br)c3)C(=O)N=C2S1. The average molecular weight is 498 g/mol. The minimum absolute atomic E-state index is 0.00111. The number of nitrogens with zero attached hydrogens (tertiary/aromatic N) is 4. The lowest BCUT2D eigenvalue weighted by molar-refractivity contribution is -0.114. The van der Waals surface area contributed by atoms with Crippen molar-refractivity contribution < 1.29 is 9.53 Å². The predicted octanol–water partition coefficient (Wildman–Crippen LogP) is 4.52. The summed E-state index contributed by atoms with van der Waals surface area (Å²) in [5, 5.41) is 15.4. The van der Waals surface area contributed by atoms with Gasteiger partial charge in [-0.2, -0.15) is 15.1 Å². The molecule has 0 atom stereocenters. The fourth-order valence-corrected chi connectivity index (χ4v) is 4.64. The normalized spacial score (nSPS) is 16.9. The van der Waals surface area contributed by atoms with E-state index in [1.165, 1.54) is 16.8 Å². The molecule has 2 aliphatic rings. The van der Waals surface area contributed by atoms with Gasteiger partial charge in [-0.25, -0.2) is 0 Å². The van der Waals surface area contributed by atoms with Gasteiger partial charge in [0, 0.05) is 18.6 Å². The number of benzene rings is 2. The number of aliphatic imine (C=N–C) groups is 1. The Morgan fingerprint density at radius 3 is 2.74 bits per heavy atom. The maximum absolute atomic E-state index is 12.6. The highest BCUT2D eigenvalue weighted by Crippen LogP contribution is 2.30. The van der Waals surface area contributed by atoms with Gasteiger partial charge < -0.3 is 9.64 Å². The van der Waals surface area contributed by atoms with Gasteiger partial charge in [-0.15, -0.1) is 0 Å². The third-order valence-corrected chi connectivity index (χ3v) is 6.22. The Hall–Kier alpha value is -2.91. The Morgan fingerprint density at radius 2 is 2.03 bits per heavy atom. The second-order valence-electron chi connectivity index (χ2n) is 7.17. The molecule has 2 aromatic rings. The van der Waals surface area contributed by atoms with E-state index >= 15 is 0 Å². The molecule has 2 heterocycles. The van der Waals surface area contributed by atoms with Gasteiger partial charge in [-0.05, 0) is 70.0 Å². The number of amides is 1. The number of amidine groups is 2. The van der Waals surface area contributed by atoms with E-state index in [-0.39, 0.29) is 18.0 Å². The highest BCUT2D eigenvalue weighted by Gasteiger charge is 2.35. The van der Waals surface area contributed by atoms with Crippen molar-refractivity contribution in [3.8, 4) is 5.75 Å². The van der Waals surface area contributed by atoms with Crippen LogP contribution in [-0.4, -0.2) is 47.7 Å². The van der Waals surface area contributed by atoms with Crippen LogP contribution in [0.2, 0.25) is 0 Å². The minimum atomic E-state index is -0.451. The fourth-order valence-electron chi connectivity index (χ4n) is 3.09. The molecule has 31 heavy (non-hydrogen) atoms. The number of nitrogens with one attached hydrogen (secondary N) is 1. The molecule has 1 N–H and O–H groups in total. The summed E-state index contributed by atoms with van der Waals surface area (Å²) in [4.78, 5) is 18.7. The second kappa shape index (κ2) is 8.68. The molecule has 158 valence electrons. The van der Waals surface area contributed by atoms with Gasteiger partial charge >= 0.3 is 0 Å². The number of carbonyl (C=O) groups excluding carboxylic acids is 1. The largest absolute Gasteiger partial charge is 0.486 e. The number of aryl methyl sites for hydroxylation is 1. The molecule has 0 saturated heterocycles. The lowest BCUT2D eigenvalue weighted by Crippen LogP contribution is -2.35. The lowest BCUT2D eigenvalue weighted by Gasteiger charge is -2.20. The molecule has 0 aromatic heterocycles. The van der Waals surface area contributed by atoms with E-state index in [0.717, 1.165) is 27.0 Å². The third kappa shape index (κ3) is 4.42. The number of rotatable bonds is 5. The molecule has 0 bridgehead atoms. The summed E-state index contributed by atoms with van der Waals surface area (Å²) in [5.74, 6) is 0.324. The molecule has 1 amide bonds. The van der Waals surface area contributed by atoms with Crippen molar-refractivity contribution in [3.05, 3.63) is 63.6 Å². The number of hydrogen-bond donors (Lipinski definition) is 1. The smallest absolute Gasteiger partial charge is 0.283 e. The summed E-state index contributed by atoms with van der Waals surface area (Å²) >= 11 is 4.79.